The van der Waals surface area contributed by atoms with Crippen LogP contribution < -0.4 is 0 Å². The van der Waals surface area contributed by atoms with Gasteiger partial charge in [0.05, 0.1) is 0 Å². The van der Waals surface area contributed by atoms with Crippen LogP contribution in [0.3, 0.4) is 0 Å². The minimum atomic E-state index is -0.209. The molecule has 0 bridgehead atoms. The molecule has 3 nitrogen and oxygen atoms in total. The van der Waals surface area contributed by atoms with E-state index in [4.69, 9.17) is 4.74 Å². The second-order valence-corrected chi connectivity index (χ2v) is 4.92. The first-order valence-corrected chi connectivity index (χ1v) is 6.78. The van der Waals surface area contributed by atoms with Crippen molar-refractivity contribution in [3.05, 3.63) is 12.2 Å². The third-order valence-corrected chi connectivity index (χ3v) is 3.33. The minimum absolute atomic E-state index is 0.209. The van der Waals surface area contributed by atoms with Gasteiger partial charge in [-0.25, -0.2) is 4.79 Å². The third-order valence-electron chi connectivity index (χ3n) is 3.33. The molecule has 1 aliphatic heterocycles. The molecule has 0 amide bonds. The molecule has 1 fully saturated rings. The summed E-state index contributed by atoms with van der Waals surface area (Å²) in [5.41, 5.74) is 0. The molecule has 1 rings (SSSR count). The zero-order chi connectivity index (χ0) is 12.5. The number of piperidine rings is 1. The molecule has 3 heteroatoms. The van der Waals surface area contributed by atoms with E-state index in [2.05, 4.69) is 18.7 Å². The summed E-state index contributed by atoms with van der Waals surface area (Å²) in [6, 6.07) is 0. The lowest BCUT2D eigenvalue weighted by Gasteiger charge is -2.25. The quantitative estimate of drug-likeness (QED) is 0.527. The highest BCUT2D eigenvalue weighted by Crippen LogP contribution is 2.09. The summed E-state index contributed by atoms with van der Waals surface area (Å²) in [7, 11) is 0. The highest BCUT2D eigenvalue weighted by Gasteiger charge is 2.10. The third kappa shape index (κ3) is 6.47. The smallest absolute Gasteiger partial charge is 0.331 e. The van der Waals surface area contributed by atoms with Crippen molar-refractivity contribution in [1.29, 1.82) is 0 Å². The number of carbonyl (C=O) groups is 1. The van der Waals surface area contributed by atoms with Crippen molar-refractivity contribution in [3.8, 4) is 0 Å². The number of likely N-dealkylation sites (tertiary alicyclic amines) is 1. The van der Waals surface area contributed by atoms with Crippen molar-refractivity contribution in [2.45, 2.75) is 46.0 Å². The summed E-state index contributed by atoms with van der Waals surface area (Å²) in [6.07, 6.45) is 9.34. The van der Waals surface area contributed by atoms with Crippen LogP contribution >= 0.6 is 0 Å². The van der Waals surface area contributed by atoms with Crippen LogP contribution in [0.4, 0.5) is 0 Å². The Morgan fingerprint density at radius 3 is 2.71 bits per heavy atom. The van der Waals surface area contributed by atoms with Gasteiger partial charge in [0.15, 0.2) is 0 Å². The van der Waals surface area contributed by atoms with Gasteiger partial charge in [-0.3, -0.25) is 4.90 Å². The molecule has 0 aromatic heterocycles. The predicted molar refractivity (Wildman–Crippen MR) is 69.6 cm³/mol. The first-order valence-electron chi connectivity index (χ1n) is 6.78. The molecule has 1 heterocycles. The highest BCUT2D eigenvalue weighted by atomic mass is 16.5. The molecule has 1 saturated heterocycles. The average molecular weight is 239 g/mol. The van der Waals surface area contributed by atoms with E-state index in [-0.39, 0.29) is 5.97 Å². The zero-order valence-electron chi connectivity index (χ0n) is 11.2. The summed E-state index contributed by atoms with van der Waals surface area (Å²) in [6.45, 7) is 6.91. The Morgan fingerprint density at radius 1 is 1.35 bits per heavy atom. The molecule has 1 atom stereocenters. The summed E-state index contributed by atoms with van der Waals surface area (Å²) in [5.74, 6) is 0.431. The number of hydrogen-bond acceptors (Lipinski definition) is 3. The Balaban J connectivity index is 2.11. The average Bonchev–Trinajstić information content (AvgIpc) is 2.37. The Bertz CT molecular complexity index is 245. The Hall–Kier alpha value is -0.830. The van der Waals surface area contributed by atoms with Crippen molar-refractivity contribution in [3.63, 3.8) is 0 Å². The fourth-order valence-corrected chi connectivity index (χ4v) is 1.85. The van der Waals surface area contributed by atoms with E-state index >= 15 is 0 Å². The molecule has 98 valence electrons. The van der Waals surface area contributed by atoms with Crippen LogP contribution in [0.25, 0.3) is 0 Å². The van der Waals surface area contributed by atoms with Gasteiger partial charge < -0.3 is 4.74 Å². The van der Waals surface area contributed by atoms with Crippen molar-refractivity contribution < 1.29 is 9.53 Å². The highest BCUT2D eigenvalue weighted by molar-refractivity contribution is 5.81. The van der Waals surface area contributed by atoms with Crippen molar-refractivity contribution >= 4 is 5.97 Å². The standard InChI is InChI=1S/C14H25NO2/c1-3-13(2)8-7-9-14(16)17-12-15-10-5-4-6-11-15/h7,9,13H,3-6,8,10-12H2,1-2H3/b9-7+. The van der Waals surface area contributed by atoms with Gasteiger partial charge in [0.2, 0.25) is 0 Å². The lowest BCUT2D eigenvalue weighted by atomic mass is 10.1. The first kappa shape index (κ1) is 14.2. The Morgan fingerprint density at radius 2 is 2.06 bits per heavy atom. The minimum Gasteiger partial charge on any atom is -0.446 e. The van der Waals surface area contributed by atoms with E-state index in [1.54, 1.807) is 6.08 Å². The van der Waals surface area contributed by atoms with Gasteiger partial charge in [0, 0.05) is 19.2 Å². The molecule has 0 aromatic rings. The van der Waals surface area contributed by atoms with Gasteiger partial charge in [-0.05, 0) is 25.2 Å². The largest absolute Gasteiger partial charge is 0.446 e. The van der Waals surface area contributed by atoms with Crippen LogP contribution in [-0.4, -0.2) is 30.7 Å². The van der Waals surface area contributed by atoms with Gasteiger partial charge in [-0.1, -0.05) is 32.8 Å². The van der Waals surface area contributed by atoms with Gasteiger partial charge >= 0.3 is 5.97 Å². The second-order valence-electron chi connectivity index (χ2n) is 4.92. The topological polar surface area (TPSA) is 29.5 Å². The zero-order valence-corrected chi connectivity index (χ0v) is 11.2. The molecule has 0 aliphatic carbocycles. The molecule has 1 aliphatic rings. The van der Waals surface area contributed by atoms with Crippen LogP contribution in [0.1, 0.15) is 46.0 Å². The van der Waals surface area contributed by atoms with Crippen molar-refractivity contribution in [1.82, 2.24) is 4.90 Å². The summed E-state index contributed by atoms with van der Waals surface area (Å²) in [5, 5.41) is 0. The van der Waals surface area contributed by atoms with Gasteiger partial charge in [-0.15, -0.1) is 0 Å². The molecule has 0 spiro atoms. The molecule has 0 radical (unpaired) electrons. The maximum atomic E-state index is 11.4. The van der Waals surface area contributed by atoms with Crippen LogP contribution in [0.15, 0.2) is 12.2 Å². The second kappa shape index (κ2) is 8.29. The number of ether oxygens (including phenoxy) is 1. The van der Waals surface area contributed by atoms with E-state index in [1.165, 1.54) is 19.3 Å². The number of allylic oxidation sites excluding steroid dienone is 1. The maximum absolute atomic E-state index is 11.4. The lowest BCUT2D eigenvalue weighted by molar-refractivity contribution is -0.142. The molecule has 0 N–H and O–H groups in total. The number of rotatable bonds is 6. The molecule has 0 aromatic carbocycles. The molecule has 1 unspecified atom stereocenters. The van der Waals surface area contributed by atoms with Crippen LogP contribution in [0.5, 0.6) is 0 Å². The maximum Gasteiger partial charge on any atom is 0.331 e. The fraction of sp³-hybridized carbons (Fsp3) is 0.786. The molecule has 0 saturated carbocycles. The molecular formula is C14H25NO2. The predicted octanol–water partition coefficient (Wildman–Crippen LogP) is 2.97. The number of carbonyl (C=O) groups excluding carboxylic acids is 1. The van der Waals surface area contributed by atoms with Crippen LogP contribution in [0.2, 0.25) is 0 Å². The van der Waals surface area contributed by atoms with Gasteiger partial charge in [0.1, 0.15) is 6.73 Å². The normalized spacial score (nSPS) is 19.4. The Labute approximate surface area is 105 Å². The van der Waals surface area contributed by atoms with Crippen molar-refractivity contribution in [2.24, 2.45) is 5.92 Å². The Kier molecular flexibility index (Phi) is 6.94. The van der Waals surface area contributed by atoms with E-state index in [9.17, 15) is 4.79 Å². The fourth-order valence-electron chi connectivity index (χ4n) is 1.85. The molecular weight excluding hydrogens is 214 g/mol. The van der Waals surface area contributed by atoms with Crippen molar-refractivity contribution in [2.75, 3.05) is 19.8 Å². The van der Waals surface area contributed by atoms with E-state index in [1.807, 2.05) is 6.08 Å². The summed E-state index contributed by atoms with van der Waals surface area (Å²) >= 11 is 0. The van der Waals surface area contributed by atoms with Crippen LogP contribution in [-0.2, 0) is 9.53 Å². The first-order chi connectivity index (χ1) is 8.22. The number of hydrogen-bond donors (Lipinski definition) is 0. The van der Waals surface area contributed by atoms with Gasteiger partial charge in [0.25, 0.3) is 0 Å². The monoisotopic (exact) mass is 239 g/mol. The number of esters is 1. The van der Waals surface area contributed by atoms with E-state index in [0.29, 0.717) is 12.6 Å². The summed E-state index contributed by atoms with van der Waals surface area (Å²) in [4.78, 5) is 13.6. The SMILES string of the molecule is CCC(C)C/C=C/C(=O)OCN1CCCCC1. The summed E-state index contributed by atoms with van der Waals surface area (Å²) < 4.78 is 5.20. The lowest BCUT2D eigenvalue weighted by Crippen LogP contribution is -2.32. The van der Waals surface area contributed by atoms with Gasteiger partial charge in [-0.2, -0.15) is 0 Å². The van der Waals surface area contributed by atoms with E-state index < -0.39 is 0 Å². The number of nitrogens with zero attached hydrogens (tertiary/aromatic N) is 1. The van der Waals surface area contributed by atoms with E-state index in [0.717, 1.165) is 25.9 Å². The van der Waals surface area contributed by atoms with Crippen LogP contribution in [0, 0.1) is 5.92 Å². The molecule has 17 heavy (non-hydrogen) atoms.